The Morgan fingerprint density at radius 1 is 1.03 bits per heavy atom. The third-order valence-corrected chi connectivity index (χ3v) is 6.25. The Kier molecular flexibility index (Phi) is 6.09. The minimum absolute atomic E-state index is 0.0309. The monoisotopic (exact) mass is 419 g/mol. The first-order valence-electron chi connectivity index (χ1n) is 11.0. The summed E-state index contributed by atoms with van der Waals surface area (Å²) in [5.41, 5.74) is 9.33. The normalized spacial score (nSPS) is 17.4. The Bertz CT molecular complexity index is 1020. The molecule has 0 bridgehead atoms. The number of nitrogens with one attached hydrogen (secondary N) is 2. The lowest BCUT2D eigenvalue weighted by atomic mass is 10.1. The molecule has 0 radical (unpaired) electrons. The molecular formula is C25H31N4O2+. The maximum Gasteiger partial charge on any atom is 0.271 e. The van der Waals surface area contributed by atoms with Crippen molar-refractivity contribution in [3.05, 3.63) is 76.5 Å². The zero-order chi connectivity index (χ0) is 22.0. The molecule has 1 fully saturated rings. The summed E-state index contributed by atoms with van der Waals surface area (Å²) in [7, 11) is 0. The fraction of sp³-hybridized carbons (Fsp3) is 0.360. The molecule has 0 saturated carbocycles. The van der Waals surface area contributed by atoms with Crippen LogP contribution in [0.15, 0.2) is 54.2 Å². The number of para-hydroxylation sites is 1. The van der Waals surface area contributed by atoms with Gasteiger partial charge in [-0.05, 0) is 44.0 Å². The zero-order valence-electron chi connectivity index (χ0n) is 18.6. The molecule has 162 valence electrons. The second-order valence-electron chi connectivity index (χ2n) is 8.60. The van der Waals surface area contributed by atoms with E-state index in [4.69, 9.17) is 0 Å². The Morgan fingerprint density at radius 3 is 2.48 bits per heavy atom. The van der Waals surface area contributed by atoms with Crippen LogP contribution < -0.4 is 15.3 Å². The summed E-state index contributed by atoms with van der Waals surface area (Å²) < 4.78 is 0. The van der Waals surface area contributed by atoms with Gasteiger partial charge in [0.1, 0.15) is 12.2 Å². The SMILES string of the molecule is Cc1ccc(C[NH+]2CCN(C(=O)C3=CCC(=O)N(c4ccccc4C)N3)CC2)c(C)c1. The second-order valence-corrected chi connectivity index (χ2v) is 8.60. The van der Waals surface area contributed by atoms with E-state index >= 15 is 0 Å². The lowest BCUT2D eigenvalue weighted by Gasteiger charge is -2.35. The molecule has 6 heteroatoms. The van der Waals surface area contributed by atoms with Crippen LogP contribution in [0.25, 0.3) is 0 Å². The van der Waals surface area contributed by atoms with Gasteiger partial charge in [-0.1, -0.05) is 42.0 Å². The molecule has 0 aliphatic carbocycles. The van der Waals surface area contributed by atoms with E-state index in [0.29, 0.717) is 5.70 Å². The molecule has 2 aliphatic heterocycles. The number of quaternary nitrogens is 1. The number of hydrazine groups is 1. The standard InChI is InChI=1S/C25H30N4O2/c1-18-8-9-21(20(3)16-18)17-27-12-14-28(15-13-27)25(31)22-10-11-24(30)29(26-22)23-7-5-4-6-19(23)2/h4-10,16,26H,11-15,17H2,1-3H3/p+1. The molecule has 2 amide bonds. The predicted octanol–water partition coefficient (Wildman–Crippen LogP) is 1.66. The van der Waals surface area contributed by atoms with Crippen LogP contribution in [-0.4, -0.2) is 42.9 Å². The highest BCUT2D eigenvalue weighted by Crippen LogP contribution is 2.22. The summed E-state index contributed by atoms with van der Waals surface area (Å²) in [6.07, 6.45) is 1.94. The number of aryl methyl sites for hydroxylation is 3. The van der Waals surface area contributed by atoms with Gasteiger partial charge in [0.05, 0.1) is 31.9 Å². The van der Waals surface area contributed by atoms with Gasteiger partial charge in [0.2, 0.25) is 5.91 Å². The Balaban J connectivity index is 1.37. The van der Waals surface area contributed by atoms with Crippen LogP contribution in [0, 0.1) is 20.8 Å². The topological polar surface area (TPSA) is 57.1 Å². The summed E-state index contributed by atoms with van der Waals surface area (Å²) >= 11 is 0. The van der Waals surface area contributed by atoms with Crippen molar-refractivity contribution in [3.8, 4) is 0 Å². The van der Waals surface area contributed by atoms with Gasteiger partial charge in [-0.25, -0.2) is 5.01 Å². The third-order valence-electron chi connectivity index (χ3n) is 6.25. The van der Waals surface area contributed by atoms with E-state index in [0.717, 1.165) is 44.0 Å². The molecular weight excluding hydrogens is 388 g/mol. The molecule has 2 N–H and O–H groups in total. The molecule has 31 heavy (non-hydrogen) atoms. The van der Waals surface area contributed by atoms with Gasteiger partial charge in [0.25, 0.3) is 5.91 Å². The van der Waals surface area contributed by atoms with Gasteiger partial charge in [0.15, 0.2) is 0 Å². The van der Waals surface area contributed by atoms with Crippen molar-refractivity contribution in [2.75, 3.05) is 31.2 Å². The maximum absolute atomic E-state index is 13.1. The van der Waals surface area contributed by atoms with E-state index in [-0.39, 0.29) is 18.2 Å². The van der Waals surface area contributed by atoms with Gasteiger partial charge in [0, 0.05) is 12.0 Å². The van der Waals surface area contributed by atoms with Crippen LogP contribution in [0.5, 0.6) is 0 Å². The lowest BCUT2D eigenvalue weighted by Crippen LogP contribution is -3.13. The molecule has 0 atom stereocenters. The van der Waals surface area contributed by atoms with Crippen LogP contribution in [0.1, 0.15) is 28.7 Å². The first-order valence-corrected chi connectivity index (χ1v) is 11.0. The Morgan fingerprint density at radius 2 is 1.77 bits per heavy atom. The van der Waals surface area contributed by atoms with Crippen LogP contribution in [0.4, 0.5) is 5.69 Å². The fourth-order valence-electron chi connectivity index (χ4n) is 4.34. The van der Waals surface area contributed by atoms with Gasteiger partial charge in [-0.15, -0.1) is 0 Å². The van der Waals surface area contributed by atoms with Crippen LogP contribution in [-0.2, 0) is 16.1 Å². The van der Waals surface area contributed by atoms with E-state index in [1.807, 2.05) is 36.1 Å². The number of carbonyl (C=O) groups is 2. The summed E-state index contributed by atoms with van der Waals surface area (Å²) in [6.45, 7) is 10.5. The number of benzene rings is 2. The van der Waals surface area contributed by atoms with E-state index < -0.39 is 0 Å². The molecule has 0 spiro atoms. The van der Waals surface area contributed by atoms with Crippen molar-refractivity contribution in [2.45, 2.75) is 33.7 Å². The Labute approximate surface area is 184 Å². The van der Waals surface area contributed by atoms with Crippen molar-refractivity contribution in [1.82, 2.24) is 10.3 Å². The van der Waals surface area contributed by atoms with E-state index in [2.05, 4.69) is 37.5 Å². The minimum Gasteiger partial charge on any atom is -0.328 e. The quantitative estimate of drug-likeness (QED) is 0.793. The number of hydrogen-bond acceptors (Lipinski definition) is 3. The predicted molar refractivity (Wildman–Crippen MR) is 121 cm³/mol. The molecule has 2 heterocycles. The van der Waals surface area contributed by atoms with Crippen molar-refractivity contribution in [3.63, 3.8) is 0 Å². The summed E-state index contributed by atoms with van der Waals surface area (Å²) in [4.78, 5) is 29.0. The van der Waals surface area contributed by atoms with Crippen molar-refractivity contribution in [1.29, 1.82) is 0 Å². The van der Waals surface area contributed by atoms with Crippen molar-refractivity contribution >= 4 is 17.5 Å². The highest BCUT2D eigenvalue weighted by Gasteiger charge is 2.30. The van der Waals surface area contributed by atoms with Crippen molar-refractivity contribution in [2.24, 2.45) is 0 Å². The van der Waals surface area contributed by atoms with Crippen LogP contribution in [0.3, 0.4) is 0 Å². The molecule has 2 aliphatic rings. The lowest BCUT2D eigenvalue weighted by molar-refractivity contribution is -0.917. The number of carbonyl (C=O) groups excluding carboxylic acids is 2. The summed E-state index contributed by atoms with van der Waals surface area (Å²) in [6, 6.07) is 14.3. The molecule has 2 aromatic rings. The highest BCUT2D eigenvalue weighted by molar-refractivity contribution is 6.01. The van der Waals surface area contributed by atoms with Gasteiger partial charge >= 0.3 is 0 Å². The van der Waals surface area contributed by atoms with Crippen molar-refractivity contribution < 1.29 is 14.5 Å². The molecule has 0 aromatic heterocycles. The number of piperazine rings is 1. The maximum atomic E-state index is 13.1. The number of anilines is 1. The van der Waals surface area contributed by atoms with Gasteiger partial charge in [-0.2, -0.15) is 0 Å². The smallest absolute Gasteiger partial charge is 0.271 e. The Hall–Kier alpha value is -3.12. The third kappa shape index (κ3) is 4.64. The second kappa shape index (κ2) is 8.94. The molecule has 0 unspecified atom stereocenters. The number of rotatable bonds is 4. The zero-order valence-corrected chi connectivity index (χ0v) is 18.6. The average Bonchev–Trinajstić information content (AvgIpc) is 2.77. The fourth-order valence-corrected chi connectivity index (χ4v) is 4.34. The van der Waals surface area contributed by atoms with Crippen LogP contribution >= 0.6 is 0 Å². The number of nitrogens with zero attached hydrogens (tertiary/aromatic N) is 2. The summed E-state index contributed by atoms with van der Waals surface area (Å²) in [5.74, 6) is -0.0924. The molecule has 4 rings (SSSR count). The first-order chi connectivity index (χ1) is 14.9. The number of amides is 2. The summed E-state index contributed by atoms with van der Waals surface area (Å²) in [5, 5.41) is 1.50. The molecule has 1 saturated heterocycles. The first kappa shape index (κ1) is 21.1. The minimum atomic E-state index is -0.0615. The molecule has 6 nitrogen and oxygen atoms in total. The van der Waals surface area contributed by atoms with E-state index in [1.54, 1.807) is 6.08 Å². The van der Waals surface area contributed by atoms with Gasteiger partial charge < -0.3 is 9.80 Å². The van der Waals surface area contributed by atoms with Crippen LogP contribution in [0.2, 0.25) is 0 Å². The number of hydrogen-bond donors (Lipinski definition) is 2. The largest absolute Gasteiger partial charge is 0.328 e. The average molecular weight is 420 g/mol. The highest BCUT2D eigenvalue weighted by atomic mass is 16.2. The van der Waals surface area contributed by atoms with Gasteiger partial charge in [-0.3, -0.25) is 15.0 Å². The molecule has 2 aromatic carbocycles. The van der Waals surface area contributed by atoms with E-state index in [1.165, 1.54) is 26.6 Å². The van der Waals surface area contributed by atoms with E-state index in [9.17, 15) is 9.59 Å².